The zero-order valence-electron chi connectivity index (χ0n) is 10.7. The van der Waals surface area contributed by atoms with Gasteiger partial charge < -0.3 is 9.16 Å². The maximum absolute atomic E-state index is 6.31. The van der Waals surface area contributed by atoms with Crippen molar-refractivity contribution in [3.8, 4) is 0 Å². The van der Waals surface area contributed by atoms with Crippen molar-refractivity contribution in [1.82, 2.24) is 0 Å². The van der Waals surface area contributed by atoms with Crippen LogP contribution in [-0.2, 0) is 9.16 Å². The molecule has 0 radical (unpaired) electrons. The Morgan fingerprint density at radius 3 is 2.40 bits per heavy atom. The molecule has 1 aliphatic heterocycles. The van der Waals surface area contributed by atoms with Gasteiger partial charge in [0.15, 0.2) is 8.32 Å². The molecule has 0 amide bonds. The summed E-state index contributed by atoms with van der Waals surface area (Å²) in [5, 5.41) is 0.265. The van der Waals surface area contributed by atoms with E-state index in [0.717, 1.165) is 13.0 Å². The molecule has 0 bridgehead atoms. The summed E-state index contributed by atoms with van der Waals surface area (Å²) in [5.74, 6) is 0. The maximum atomic E-state index is 6.31. The molecule has 0 N–H and O–H groups in total. The summed E-state index contributed by atoms with van der Waals surface area (Å²) in [4.78, 5) is 0. The molecule has 0 aromatic carbocycles. The third-order valence-electron chi connectivity index (χ3n) is 3.42. The van der Waals surface area contributed by atoms with Crippen molar-refractivity contribution < 1.29 is 9.16 Å². The summed E-state index contributed by atoms with van der Waals surface area (Å²) in [6.07, 6.45) is 3.37. The second-order valence-corrected chi connectivity index (χ2v) is 10.6. The first kappa shape index (κ1) is 12.9. The molecule has 1 fully saturated rings. The third kappa shape index (κ3) is 3.43. The fourth-order valence-corrected chi connectivity index (χ4v) is 2.62. The van der Waals surface area contributed by atoms with Crippen molar-refractivity contribution in [1.29, 1.82) is 0 Å². The van der Waals surface area contributed by atoms with Crippen LogP contribution in [0.25, 0.3) is 0 Å². The monoisotopic (exact) mass is 228 g/mol. The summed E-state index contributed by atoms with van der Waals surface area (Å²) in [6, 6.07) is 0. The highest BCUT2D eigenvalue weighted by Crippen LogP contribution is 2.39. The number of hydrogen-bond donors (Lipinski definition) is 0. The first-order valence-corrected chi connectivity index (χ1v) is 8.59. The highest BCUT2D eigenvalue weighted by Gasteiger charge is 2.43. The van der Waals surface area contributed by atoms with E-state index in [0.29, 0.717) is 6.10 Å². The van der Waals surface area contributed by atoms with Crippen molar-refractivity contribution in [3.05, 3.63) is 12.7 Å². The highest BCUT2D eigenvalue weighted by molar-refractivity contribution is 6.74. The lowest BCUT2D eigenvalue weighted by Crippen LogP contribution is -2.45. The molecule has 0 aliphatic carbocycles. The Morgan fingerprint density at radius 1 is 1.53 bits per heavy atom. The number of ether oxygens (including phenoxy) is 1. The number of epoxide rings is 1. The Balaban J connectivity index is 2.59. The highest BCUT2D eigenvalue weighted by atomic mass is 28.4. The van der Waals surface area contributed by atoms with Gasteiger partial charge in [0.1, 0.15) is 6.10 Å². The van der Waals surface area contributed by atoms with E-state index in [-0.39, 0.29) is 11.1 Å². The smallest absolute Gasteiger partial charge is 0.192 e. The SMILES string of the molecule is C=CC[C@H](O[Si](C)(C)C(C)(C)C)[C@@H]1CO1. The lowest BCUT2D eigenvalue weighted by atomic mass is 10.2. The van der Waals surface area contributed by atoms with Crippen LogP contribution in [0, 0.1) is 0 Å². The zero-order chi connectivity index (χ0) is 11.7. The van der Waals surface area contributed by atoms with E-state index < -0.39 is 8.32 Å². The van der Waals surface area contributed by atoms with Gasteiger partial charge in [0, 0.05) is 0 Å². The average molecular weight is 228 g/mol. The van der Waals surface area contributed by atoms with Gasteiger partial charge in [-0.05, 0) is 24.6 Å². The van der Waals surface area contributed by atoms with E-state index in [9.17, 15) is 0 Å². The Bertz CT molecular complexity index is 226. The van der Waals surface area contributed by atoms with Gasteiger partial charge >= 0.3 is 0 Å². The van der Waals surface area contributed by atoms with Crippen LogP contribution >= 0.6 is 0 Å². The van der Waals surface area contributed by atoms with E-state index in [4.69, 9.17) is 9.16 Å². The Kier molecular flexibility index (Phi) is 3.79. The minimum atomic E-state index is -1.66. The Morgan fingerprint density at radius 2 is 2.07 bits per heavy atom. The topological polar surface area (TPSA) is 21.8 Å². The van der Waals surface area contributed by atoms with Gasteiger partial charge in [-0.25, -0.2) is 0 Å². The van der Waals surface area contributed by atoms with Crippen LogP contribution in [0.4, 0.5) is 0 Å². The van der Waals surface area contributed by atoms with E-state index >= 15 is 0 Å². The average Bonchev–Trinajstić information content (AvgIpc) is 2.82. The van der Waals surface area contributed by atoms with Crippen LogP contribution in [0.3, 0.4) is 0 Å². The quantitative estimate of drug-likeness (QED) is 0.409. The second-order valence-electron chi connectivity index (χ2n) is 5.81. The molecule has 1 heterocycles. The van der Waals surface area contributed by atoms with E-state index in [1.807, 2.05) is 6.08 Å². The van der Waals surface area contributed by atoms with E-state index in [1.54, 1.807) is 0 Å². The van der Waals surface area contributed by atoms with Crippen molar-refractivity contribution >= 4 is 8.32 Å². The van der Waals surface area contributed by atoms with Crippen molar-refractivity contribution in [2.45, 2.75) is 57.5 Å². The minimum absolute atomic E-state index is 0.225. The summed E-state index contributed by atoms with van der Waals surface area (Å²) < 4.78 is 11.6. The van der Waals surface area contributed by atoms with Crippen molar-refractivity contribution in [2.75, 3.05) is 6.61 Å². The Labute approximate surface area is 94.8 Å². The summed E-state index contributed by atoms with van der Waals surface area (Å²) in [7, 11) is -1.66. The van der Waals surface area contributed by atoms with Gasteiger partial charge in [0.2, 0.25) is 0 Å². The van der Waals surface area contributed by atoms with Crippen LogP contribution < -0.4 is 0 Å². The first-order chi connectivity index (χ1) is 6.78. The molecule has 2 nitrogen and oxygen atoms in total. The van der Waals surface area contributed by atoms with Crippen LogP contribution in [0.1, 0.15) is 27.2 Å². The maximum Gasteiger partial charge on any atom is 0.192 e. The predicted octanol–water partition coefficient (Wildman–Crippen LogP) is 3.35. The number of hydrogen-bond acceptors (Lipinski definition) is 2. The molecule has 0 saturated carbocycles. The van der Waals surface area contributed by atoms with Crippen molar-refractivity contribution in [2.24, 2.45) is 0 Å². The normalized spacial score (nSPS) is 23.7. The van der Waals surface area contributed by atoms with Gasteiger partial charge in [0.25, 0.3) is 0 Å². The fraction of sp³-hybridized carbons (Fsp3) is 0.833. The van der Waals surface area contributed by atoms with E-state index in [2.05, 4.69) is 40.4 Å². The lowest BCUT2D eigenvalue weighted by molar-refractivity contribution is 0.145. The van der Waals surface area contributed by atoms with Gasteiger partial charge in [0.05, 0.1) is 12.7 Å². The summed E-state index contributed by atoms with van der Waals surface area (Å²) in [5.41, 5.74) is 0. The van der Waals surface area contributed by atoms with Gasteiger partial charge in [-0.2, -0.15) is 0 Å². The van der Waals surface area contributed by atoms with E-state index in [1.165, 1.54) is 0 Å². The molecule has 0 aromatic rings. The molecular formula is C12H24O2Si. The summed E-state index contributed by atoms with van der Waals surface area (Å²) >= 11 is 0. The minimum Gasteiger partial charge on any atom is -0.411 e. The molecule has 0 unspecified atom stereocenters. The summed E-state index contributed by atoms with van der Waals surface area (Å²) in [6.45, 7) is 16.0. The van der Waals surface area contributed by atoms with Crippen LogP contribution in [0.2, 0.25) is 18.1 Å². The Hall–Kier alpha value is -0.123. The second kappa shape index (κ2) is 4.40. The molecule has 1 rings (SSSR count). The molecule has 1 saturated heterocycles. The molecule has 0 spiro atoms. The molecule has 2 atom stereocenters. The number of rotatable bonds is 5. The molecule has 3 heteroatoms. The van der Waals surface area contributed by atoms with Gasteiger partial charge in [-0.1, -0.05) is 26.8 Å². The van der Waals surface area contributed by atoms with Gasteiger partial charge in [-0.15, -0.1) is 6.58 Å². The van der Waals surface area contributed by atoms with Crippen LogP contribution in [-0.4, -0.2) is 27.1 Å². The van der Waals surface area contributed by atoms with Crippen LogP contribution in [0.15, 0.2) is 12.7 Å². The largest absolute Gasteiger partial charge is 0.411 e. The molecule has 0 aromatic heterocycles. The molecule has 15 heavy (non-hydrogen) atoms. The van der Waals surface area contributed by atoms with Gasteiger partial charge in [-0.3, -0.25) is 0 Å². The first-order valence-electron chi connectivity index (χ1n) is 5.68. The standard InChI is InChI=1S/C12H24O2Si/c1-7-8-10(11-9-13-11)14-15(5,6)12(2,3)4/h7,10-11H,1,8-9H2,2-6H3/t10-,11-/m0/s1. The molecule has 1 aliphatic rings. The molecule has 88 valence electrons. The fourth-order valence-electron chi connectivity index (χ4n) is 1.27. The third-order valence-corrected chi connectivity index (χ3v) is 7.93. The van der Waals surface area contributed by atoms with Crippen LogP contribution in [0.5, 0.6) is 0 Å². The lowest BCUT2D eigenvalue weighted by Gasteiger charge is -2.38. The van der Waals surface area contributed by atoms with Crippen molar-refractivity contribution in [3.63, 3.8) is 0 Å². The molecular weight excluding hydrogens is 204 g/mol. The zero-order valence-corrected chi connectivity index (χ0v) is 11.7. The predicted molar refractivity (Wildman–Crippen MR) is 66.6 cm³/mol.